The molecule has 214 valence electrons. The van der Waals surface area contributed by atoms with E-state index in [0.29, 0.717) is 32.8 Å². The highest BCUT2D eigenvalue weighted by molar-refractivity contribution is 8.00. The number of methoxy groups -OCH3 is 2. The highest BCUT2D eigenvalue weighted by Gasteiger charge is 2.56. The molecule has 1 aromatic heterocycles. The predicted octanol–water partition coefficient (Wildman–Crippen LogP) is 4.67. The number of hydrogen-bond donors (Lipinski definition) is 1. The minimum atomic E-state index is -0.778. The topological polar surface area (TPSA) is 107 Å². The quantitative estimate of drug-likeness (QED) is 0.307. The summed E-state index contributed by atoms with van der Waals surface area (Å²) in [5.41, 5.74) is 2.86. The Labute approximate surface area is 250 Å². The molecule has 1 saturated heterocycles. The van der Waals surface area contributed by atoms with E-state index in [0.717, 1.165) is 22.5 Å². The van der Waals surface area contributed by atoms with E-state index in [1.165, 1.54) is 21.2 Å². The highest BCUT2D eigenvalue weighted by Crippen LogP contribution is 2.54. The zero-order valence-corrected chi connectivity index (χ0v) is 24.7. The van der Waals surface area contributed by atoms with Crippen LogP contribution in [0.25, 0.3) is 0 Å². The van der Waals surface area contributed by atoms with Crippen LogP contribution in [-0.4, -0.2) is 41.8 Å². The molecule has 3 amide bonds. The Hall–Kier alpha value is -4.35. The van der Waals surface area contributed by atoms with Gasteiger partial charge in [-0.25, -0.2) is 4.90 Å². The lowest BCUT2D eigenvalue weighted by Gasteiger charge is -2.30. The number of aryl methyl sites for hydroxylation is 1. The fourth-order valence-corrected chi connectivity index (χ4v) is 8.25. The van der Waals surface area contributed by atoms with E-state index in [-0.39, 0.29) is 29.1 Å². The van der Waals surface area contributed by atoms with E-state index in [1.54, 1.807) is 56.7 Å². The summed E-state index contributed by atoms with van der Waals surface area (Å²) in [6.45, 7) is 1.71. The van der Waals surface area contributed by atoms with Crippen molar-refractivity contribution in [2.75, 3.05) is 24.4 Å². The first-order valence-electron chi connectivity index (χ1n) is 13.2. The number of carbonyl (C=O) groups is 3. The number of aromatic nitrogens is 1. The summed E-state index contributed by atoms with van der Waals surface area (Å²) in [7, 11) is 3.12. The second-order valence-corrected chi connectivity index (χ2v) is 12.2. The minimum Gasteiger partial charge on any atom is -0.497 e. The van der Waals surface area contributed by atoms with Gasteiger partial charge in [-0.1, -0.05) is 47.4 Å². The number of nitrogens with one attached hydrogen (secondary N) is 1. The molecule has 6 rings (SSSR count). The van der Waals surface area contributed by atoms with Crippen LogP contribution in [0.2, 0.25) is 0 Å². The second kappa shape index (κ2) is 11.1. The van der Waals surface area contributed by atoms with Gasteiger partial charge in [-0.2, -0.15) is 0 Å². The van der Waals surface area contributed by atoms with E-state index < -0.39 is 17.1 Å². The third-order valence-electron chi connectivity index (χ3n) is 7.46. The van der Waals surface area contributed by atoms with Gasteiger partial charge >= 0.3 is 4.87 Å². The number of nitrogens with zero attached hydrogens (tertiary/aromatic N) is 2. The van der Waals surface area contributed by atoms with Crippen molar-refractivity contribution in [3.63, 3.8) is 0 Å². The highest BCUT2D eigenvalue weighted by atomic mass is 32.2. The maximum atomic E-state index is 14.0. The Bertz CT molecular complexity index is 1750. The fraction of sp³-hybridized carbons (Fsp3) is 0.226. The molecule has 1 N–H and O–H groups in total. The Morgan fingerprint density at radius 2 is 1.57 bits per heavy atom. The Morgan fingerprint density at radius 3 is 2.21 bits per heavy atom. The average molecular weight is 602 g/mol. The molecular formula is C31H27N3O6S2. The van der Waals surface area contributed by atoms with Gasteiger partial charge in [0.15, 0.2) is 0 Å². The van der Waals surface area contributed by atoms with E-state index in [4.69, 9.17) is 9.47 Å². The zero-order valence-electron chi connectivity index (χ0n) is 23.0. The van der Waals surface area contributed by atoms with Crippen LogP contribution < -0.4 is 24.6 Å². The summed E-state index contributed by atoms with van der Waals surface area (Å²) in [5.74, 6) is -1.10. The first-order valence-corrected chi connectivity index (χ1v) is 14.9. The molecule has 0 radical (unpaired) electrons. The first kappa shape index (κ1) is 27.8. The van der Waals surface area contributed by atoms with E-state index in [2.05, 4.69) is 5.32 Å². The molecule has 3 aromatic carbocycles. The molecule has 0 spiro atoms. The number of imide groups is 1. The van der Waals surface area contributed by atoms with Crippen LogP contribution >= 0.6 is 23.1 Å². The lowest BCUT2D eigenvalue weighted by Crippen LogP contribution is -2.33. The number of thioether (sulfide) groups is 1. The molecule has 3 heterocycles. The van der Waals surface area contributed by atoms with Gasteiger partial charge < -0.3 is 14.8 Å². The Kier molecular flexibility index (Phi) is 7.38. The minimum absolute atomic E-state index is 0.220. The molecule has 11 heteroatoms. The lowest BCUT2D eigenvalue weighted by atomic mass is 9.83. The number of rotatable bonds is 7. The SMILES string of the molecule is COc1ccc([C@H]2c3sc(=O)n(CC(=O)Nc4cccc(C)c4)c3SC3C(=O)N(c4ccc(OC)cc4)C(=O)C32)cc1. The standard InChI is InChI=1S/C31H27N3O6S2/c1-17-5-4-6-19(15-17)32-23(35)16-33-30-27(42-31(33)38)24(18-7-11-21(39-2)12-8-18)25-26(41-30)29(37)34(28(25)36)20-9-13-22(40-3)14-10-20/h4-15,24-26H,16H2,1-3H3,(H,32,35)/t24-,25?,26?/m1/s1. The van der Waals surface area contributed by atoms with E-state index >= 15 is 0 Å². The number of benzene rings is 3. The molecule has 1 fully saturated rings. The smallest absolute Gasteiger partial charge is 0.308 e. The van der Waals surface area contributed by atoms with Crippen LogP contribution in [0.1, 0.15) is 21.9 Å². The summed E-state index contributed by atoms with van der Waals surface area (Å²) in [6.07, 6.45) is 0. The van der Waals surface area contributed by atoms with Crippen LogP contribution in [0.3, 0.4) is 0 Å². The number of amides is 3. The van der Waals surface area contributed by atoms with Crippen molar-refractivity contribution in [2.45, 2.75) is 29.7 Å². The third-order valence-corrected chi connectivity index (χ3v) is 10.1. The summed E-state index contributed by atoms with van der Waals surface area (Å²) >= 11 is 2.19. The van der Waals surface area contributed by atoms with Gasteiger partial charge in [0.25, 0.3) is 0 Å². The molecule has 9 nitrogen and oxygen atoms in total. The van der Waals surface area contributed by atoms with Gasteiger partial charge in [0.2, 0.25) is 17.7 Å². The van der Waals surface area contributed by atoms with Crippen molar-refractivity contribution in [3.05, 3.63) is 98.5 Å². The summed E-state index contributed by atoms with van der Waals surface area (Å²) in [4.78, 5) is 55.8. The van der Waals surface area contributed by atoms with Crippen LogP contribution in [0.5, 0.6) is 11.5 Å². The van der Waals surface area contributed by atoms with Crippen molar-refractivity contribution < 1.29 is 23.9 Å². The van der Waals surface area contributed by atoms with Crippen molar-refractivity contribution in [3.8, 4) is 11.5 Å². The number of carbonyl (C=O) groups excluding carboxylic acids is 3. The van der Waals surface area contributed by atoms with Crippen LogP contribution in [-0.2, 0) is 20.9 Å². The number of fused-ring (bicyclic) bond motifs is 2. The molecule has 2 aliphatic rings. The fourth-order valence-electron chi connectivity index (χ4n) is 5.48. The van der Waals surface area contributed by atoms with E-state index in [1.807, 2.05) is 37.3 Å². The van der Waals surface area contributed by atoms with Gasteiger partial charge in [-0.05, 0) is 66.6 Å². The summed E-state index contributed by atoms with van der Waals surface area (Å²) in [6, 6.07) is 21.5. The predicted molar refractivity (Wildman–Crippen MR) is 162 cm³/mol. The van der Waals surface area contributed by atoms with Gasteiger partial charge in [-0.3, -0.25) is 23.7 Å². The van der Waals surface area contributed by atoms with Crippen LogP contribution in [0.15, 0.2) is 82.6 Å². The molecule has 3 atom stereocenters. The largest absolute Gasteiger partial charge is 0.497 e. The number of hydrogen-bond acceptors (Lipinski definition) is 8. The van der Waals surface area contributed by atoms with Crippen LogP contribution in [0, 0.1) is 12.8 Å². The van der Waals surface area contributed by atoms with E-state index in [9.17, 15) is 19.2 Å². The molecule has 2 aliphatic heterocycles. The van der Waals surface area contributed by atoms with Gasteiger partial charge in [0.1, 0.15) is 23.3 Å². The summed E-state index contributed by atoms with van der Waals surface area (Å²) < 4.78 is 12.0. The van der Waals surface area contributed by atoms with Crippen molar-refractivity contribution >= 4 is 52.2 Å². The molecule has 0 saturated carbocycles. The average Bonchev–Trinajstić information content (AvgIpc) is 3.43. The number of ether oxygens (including phenoxy) is 2. The number of thiazole rings is 1. The Balaban J connectivity index is 1.40. The molecule has 42 heavy (non-hydrogen) atoms. The monoisotopic (exact) mass is 601 g/mol. The van der Waals surface area contributed by atoms with Crippen molar-refractivity contribution in [1.29, 1.82) is 0 Å². The summed E-state index contributed by atoms with van der Waals surface area (Å²) in [5, 5.41) is 2.61. The molecule has 4 aromatic rings. The molecule has 0 bridgehead atoms. The van der Waals surface area contributed by atoms with Gasteiger partial charge in [-0.15, -0.1) is 0 Å². The number of anilines is 2. The first-order chi connectivity index (χ1) is 20.3. The maximum absolute atomic E-state index is 14.0. The van der Waals surface area contributed by atoms with Crippen LogP contribution in [0.4, 0.5) is 11.4 Å². The molecule has 2 unspecified atom stereocenters. The van der Waals surface area contributed by atoms with Gasteiger partial charge in [0.05, 0.1) is 30.9 Å². The zero-order chi connectivity index (χ0) is 29.5. The maximum Gasteiger partial charge on any atom is 0.308 e. The lowest BCUT2D eigenvalue weighted by molar-refractivity contribution is -0.122. The normalized spacial score (nSPS) is 19.3. The molecule has 0 aliphatic carbocycles. The third kappa shape index (κ3) is 4.88. The van der Waals surface area contributed by atoms with Crippen molar-refractivity contribution in [1.82, 2.24) is 4.57 Å². The second-order valence-electron chi connectivity index (χ2n) is 10.1. The van der Waals surface area contributed by atoms with Gasteiger partial charge in [0, 0.05) is 16.5 Å². The Morgan fingerprint density at radius 1 is 0.905 bits per heavy atom. The van der Waals surface area contributed by atoms with Crippen molar-refractivity contribution in [2.24, 2.45) is 5.92 Å². The molecular weight excluding hydrogens is 574 g/mol.